The third-order valence-electron chi connectivity index (χ3n) is 2.15. The van der Waals surface area contributed by atoms with Gasteiger partial charge in [0.25, 0.3) is 0 Å². The normalized spacial score (nSPS) is 10.6. The fourth-order valence-corrected chi connectivity index (χ4v) is 1.44. The van der Waals surface area contributed by atoms with Gasteiger partial charge in [-0.25, -0.2) is 4.39 Å². The van der Waals surface area contributed by atoms with Crippen LogP contribution < -0.4 is 14.6 Å². The smallest absolute Gasteiger partial charge is 0.371 e. The lowest BCUT2D eigenvalue weighted by Gasteiger charge is -1.97. The SMILES string of the molecule is CCNc1[nH][n+](=O)c2cc(F)ccc2[n+]1O. The van der Waals surface area contributed by atoms with Gasteiger partial charge in [-0.1, -0.05) is 0 Å². The second kappa shape index (κ2) is 3.76. The Morgan fingerprint density at radius 2 is 2.25 bits per heavy atom. The molecule has 2 aromatic rings. The molecule has 84 valence electrons. The lowest BCUT2D eigenvalue weighted by Crippen LogP contribution is -2.42. The Morgan fingerprint density at radius 3 is 2.94 bits per heavy atom. The fraction of sp³-hybridized carbons (Fsp3) is 0.222. The van der Waals surface area contributed by atoms with Crippen molar-refractivity contribution in [3.63, 3.8) is 0 Å². The number of benzene rings is 1. The highest BCUT2D eigenvalue weighted by Gasteiger charge is 2.22. The maximum atomic E-state index is 12.9. The van der Waals surface area contributed by atoms with Crippen molar-refractivity contribution in [1.82, 2.24) is 5.10 Å². The summed E-state index contributed by atoms with van der Waals surface area (Å²) in [6.45, 7) is 2.35. The Hall–Kier alpha value is -2.18. The summed E-state index contributed by atoms with van der Waals surface area (Å²) in [6, 6.07) is 3.54. The molecule has 7 heteroatoms. The van der Waals surface area contributed by atoms with Gasteiger partial charge in [0.05, 0.1) is 17.5 Å². The molecular formula is C9H11FN4O2+2. The first-order chi connectivity index (χ1) is 7.63. The van der Waals surface area contributed by atoms with Crippen LogP contribution >= 0.6 is 0 Å². The minimum Gasteiger partial charge on any atom is -0.371 e. The second-order valence-electron chi connectivity index (χ2n) is 3.23. The number of hydrogen-bond donors (Lipinski definition) is 3. The van der Waals surface area contributed by atoms with E-state index in [-0.39, 0.29) is 17.0 Å². The quantitative estimate of drug-likeness (QED) is 0.505. The molecular weight excluding hydrogens is 215 g/mol. The molecule has 3 N–H and O–H groups in total. The number of nitrogens with zero attached hydrogens (tertiary/aromatic N) is 2. The first-order valence-corrected chi connectivity index (χ1v) is 4.76. The van der Waals surface area contributed by atoms with Gasteiger partial charge in [-0.2, -0.15) is 0 Å². The van der Waals surface area contributed by atoms with Gasteiger partial charge in [0.2, 0.25) is 10.1 Å². The molecule has 0 saturated heterocycles. The number of fused-ring (bicyclic) bond motifs is 1. The van der Waals surface area contributed by atoms with Crippen LogP contribution in [0, 0.1) is 10.7 Å². The molecule has 0 radical (unpaired) electrons. The maximum Gasteiger partial charge on any atom is 0.449 e. The Bertz CT molecular complexity index is 596. The van der Waals surface area contributed by atoms with Crippen molar-refractivity contribution in [2.45, 2.75) is 6.92 Å². The van der Waals surface area contributed by atoms with Crippen LogP contribution in [0.1, 0.15) is 6.92 Å². The summed E-state index contributed by atoms with van der Waals surface area (Å²) in [5.74, 6) is -0.404. The summed E-state index contributed by atoms with van der Waals surface area (Å²) in [5, 5.41) is 14.9. The molecule has 1 aromatic carbocycles. The molecule has 0 bridgehead atoms. The van der Waals surface area contributed by atoms with Crippen molar-refractivity contribution in [3.8, 4) is 0 Å². The standard InChI is InChI=1S/C9H10FN4O2/c1-2-11-9-12-14(16)8-5-6(10)3-4-7(8)13(9)15/h3-5,15H,2H2,1H3,(H,11,12,16)/q+1/p+1. The largest absolute Gasteiger partial charge is 0.449 e. The summed E-state index contributed by atoms with van der Waals surface area (Å²) >= 11 is 0. The molecule has 0 unspecified atom stereocenters. The number of anilines is 1. The summed E-state index contributed by atoms with van der Waals surface area (Å²) in [7, 11) is 0. The van der Waals surface area contributed by atoms with Crippen LogP contribution in [0.25, 0.3) is 11.0 Å². The predicted molar refractivity (Wildman–Crippen MR) is 53.2 cm³/mol. The van der Waals surface area contributed by atoms with E-state index in [4.69, 9.17) is 0 Å². The van der Waals surface area contributed by atoms with Crippen LogP contribution in [0.5, 0.6) is 0 Å². The molecule has 16 heavy (non-hydrogen) atoms. The zero-order chi connectivity index (χ0) is 11.7. The zero-order valence-corrected chi connectivity index (χ0v) is 8.57. The fourth-order valence-electron chi connectivity index (χ4n) is 1.44. The minimum atomic E-state index is -0.540. The Balaban J connectivity index is 2.79. The van der Waals surface area contributed by atoms with E-state index < -0.39 is 5.82 Å². The van der Waals surface area contributed by atoms with Gasteiger partial charge in [-0.15, -0.1) is 0 Å². The lowest BCUT2D eigenvalue weighted by atomic mass is 10.3. The average molecular weight is 226 g/mol. The zero-order valence-electron chi connectivity index (χ0n) is 8.57. The minimum absolute atomic E-state index is 0.0177. The van der Waals surface area contributed by atoms with Gasteiger partial charge in [0, 0.05) is 5.10 Å². The number of halogens is 1. The van der Waals surface area contributed by atoms with Gasteiger partial charge >= 0.3 is 11.5 Å². The van der Waals surface area contributed by atoms with E-state index in [0.717, 1.165) is 10.8 Å². The highest BCUT2D eigenvalue weighted by molar-refractivity contribution is 5.67. The monoisotopic (exact) mass is 226 g/mol. The van der Waals surface area contributed by atoms with Crippen molar-refractivity contribution in [2.75, 3.05) is 11.9 Å². The topological polar surface area (TPSA) is 74.9 Å². The van der Waals surface area contributed by atoms with Crippen LogP contribution in [0.4, 0.5) is 10.3 Å². The molecule has 0 spiro atoms. The Kier molecular flexibility index (Phi) is 2.43. The van der Waals surface area contributed by atoms with E-state index in [0.29, 0.717) is 11.1 Å². The maximum absolute atomic E-state index is 12.9. The first kappa shape index (κ1) is 10.3. The van der Waals surface area contributed by atoms with Crippen LogP contribution in [-0.2, 0) is 0 Å². The number of aromatic amines is 1. The van der Waals surface area contributed by atoms with Gasteiger partial charge in [0.1, 0.15) is 5.82 Å². The molecule has 0 saturated carbocycles. The molecule has 0 atom stereocenters. The number of hydrogen-bond acceptors (Lipinski definition) is 3. The predicted octanol–water partition coefficient (Wildman–Crippen LogP) is 0.178. The molecule has 0 aliphatic carbocycles. The Morgan fingerprint density at radius 1 is 1.50 bits per heavy atom. The average Bonchev–Trinajstić information content (AvgIpc) is 2.26. The summed E-state index contributed by atoms with van der Waals surface area (Å²) < 4.78 is 14.1. The van der Waals surface area contributed by atoms with Crippen LogP contribution in [0.3, 0.4) is 0 Å². The Labute approximate surface area is 89.5 Å². The molecule has 0 aliphatic rings. The molecule has 1 aromatic heterocycles. The van der Waals surface area contributed by atoms with E-state index in [2.05, 4.69) is 10.4 Å². The van der Waals surface area contributed by atoms with Crippen LogP contribution in [-0.4, -0.2) is 16.9 Å². The van der Waals surface area contributed by atoms with E-state index >= 15 is 0 Å². The molecule has 0 fully saturated rings. The van der Waals surface area contributed by atoms with Gasteiger partial charge in [-0.05, 0) is 23.8 Å². The molecule has 0 amide bonds. The van der Waals surface area contributed by atoms with Crippen molar-refractivity contribution >= 4 is 17.0 Å². The van der Waals surface area contributed by atoms with E-state index in [9.17, 15) is 14.5 Å². The third-order valence-corrected chi connectivity index (χ3v) is 2.15. The highest BCUT2D eigenvalue weighted by Crippen LogP contribution is 2.07. The molecule has 6 nitrogen and oxygen atoms in total. The molecule has 1 heterocycles. The van der Waals surface area contributed by atoms with Crippen molar-refractivity contribution < 1.29 is 18.9 Å². The summed E-state index contributed by atoms with van der Waals surface area (Å²) in [6.07, 6.45) is 0. The van der Waals surface area contributed by atoms with Crippen molar-refractivity contribution in [2.24, 2.45) is 0 Å². The molecule has 2 rings (SSSR count). The first-order valence-electron chi connectivity index (χ1n) is 4.76. The number of rotatable bonds is 2. The van der Waals surface area contributed by atoms with E-state index in [1.165, 1.54) is 12.1 Å². The summed E-state index contributed by atoms with van der Waals surface area (Å²) in [4.78, 5) is 11.5. The van der Waals surface area contributed by atoms with Gasteiger partial charge < -0.3 is 5.21 Å². The van der Waals surface area contributed by atoms with Gasteiger partial charge in [-0.3, -0.25) is 5.32 Å². The van der Waals surface area contributed by atoms with Crippen LogP contribution in [0.2, 0.25) is 0 Å². The van der Waals surface area contributed by atoms with E-state index in [1.807, 2.05) is 6.92 Å². The number of H-pyrrole nitrogens is 1. The second-order valence-corrected chi connectivity index (χ2v) is 3.23. The lowest BCUT2D eigenvalue weighted by molar-refractivity contribution is -0.881. The summed E-state index contributed by atoms with van der Waals surface area (Å²) in [5.41, 5.74) is 0.232. The highest BCUT2D eigenvalue weighted by atomic mass is 19.1. The van der Waals surface area contributed by atoms with E-state index in [1.54, 1.807) is 0 Å². The third kappa shape index (κ3) is 1.56. The van der Waals surface area contributed by atoms with Gasteiger partial charge in [0.15, 0.2) is 0 Å². The number of aromatic nitrogens is 3. The molecule has 0 aliphatic heterocycles. The van der Waals surface area contributed by atoms with Crippen molar-refractivity contribution in [3.05, 3.63) is 28.9 Å². The van der Waals surface area contributed by atoms with Crippen LogP contribution in [0.15, 0.2) is 18.2 Å². The van der Waals surface area contributed by atoms with Crippen molar-refractivity contribution in [1.29, 1.82) is 0 Å². The number of nitrogens with one attached hydrogen (secondary N) is 2.